The Bertz CT molecular complexity index is 458. The fraction of sp³-hybridized carbons (Fsp3) is 0.500. The van der Waals surface area contributed by atoms with Crippen LogP contribution in [0.5, 0.6) is 0 Å². The summed E-state index contributed by atoms with van der Waals surface area (Å²) in [5, 5.41) is 8.70. The Labute approximate surface area is 105 Å². The zero-order valence-electron chi connectivity index (χ0n) is 10.2. The number of hydrogen-bond donors (Lipinski definition) is 1. The van der Waals surface area contributed by atoms with Crippen molar-refractivity contribution in [2.75, 3.05) is 13.1 Å². The maximum atomic E-state index is 12.1. The number of carbonyl (C=O) groups excluding carboxylic acids is 1. The van der Waals surface area contributed by atoms with E-state index in [0.29, 0.717) is 5.92 Å². The molecule has 1 atom stereocenters. The number of carboxylic acid groups (broad SMARTS) is 1. The first kappa shape index (κ1) is 12.5. The minimum atomic E-state index is -1.15. The van der Waals surface area contributed by atoms with E-state index in [1.54, 1.807) is 4.90 Å². The molecule has 6 nitrogen and oxygen atoms in total. The SMILES string of the molecule is CC1CCCN(C(=O)c2cnc(C(=O)O)cn2)C1. The molecule has 18 heavy (non-hydrogen) atoms. The molecule has 0 spiro atoms. The van der Waals surface area contributed by atoms with E-state index < -0.39 is 5.97 Å². The molecule has 0 saturated carbocycles. The number of piperidine rings is 1. The van der Waals surface area contributed by atoms with Gasteiger partial charge in [0.2, 0.25) is 0 Å². The second-order valence-corrected chi connectivity index (χ2v) is 4.59. The van der Waals surface area contributed by atoms with Crippen LogP contribution >= 0.6 is 0 Å². The smallest absolute Gasteiger partial charge is 0.356 e. The highest BCUT2D eigenvalue weighted by Gasteiger charge is 2.23. The van der Waals surface area contributed by atoms with Crippen molar-refractivity contribution in [2.45, 2.75) is 19.8 Å². The average molecular weight is 249 g/mol. The van der Waals surface area contributed by atoms with Gasteiger partial charge in [-0.3, -0.25) is 4.79 Å². The van der Waals surface area contributed by atoms with Crippen LogP contribution < -0.4 is 0 Å². The molecule has 6 heteroatoms. The third-order valence-corrected chi connectivity index (χ3v) is 3.03. The van der Waals surface area contributed by atoms with Crippen molar-refractivity contribution in [3.63, 3.8) is 0 Å². The third kappa shape index (κ3) is 2.64. The second-order valence-electron chi connectivity index (χ2n) is 4.59. The summed E-state index contributed by atoms with van der Waals surface area (Å²) in [7, 11) is 0. The number of rotatable bonds is 2. The van der Waals surface area contributed by atoms with E-state index in [-0.39, 0.29) is 17.3 Å². The molecule has 1 amide bonds. The minimum Gasteiger partial charge on any atom is -0.476 e. The van der Waals surface area contributed by atoms with E-state index in [1.807, 2.05) is 0 Å². The molecular weight excluding hydrogens is 234 g/mol. The summed E-state index contributed by atoms with van der Waals surface area (Å²) in [6.07, 6.45) is 4.47. The molecule has 1 aromatic heterocycles. The van der Waals surface area contributed by atoms with Crippen molar-refractivity contribution >= 4 is 11.9 Å². The Morgan fingerprint density at radius 2 is 2.00 bits per heavy atom. The lowest BCUT2D eigenvalue weighted by molar-refractivity contribution is 0.0665. The van der Waals surface area contributed by atoms with Gasteiger partial charge >= 0.3 is 5.97 Å². The highest BCUT2D eigenvalue weighted by molar-refractivity contribution is 5.92. The summed E-state index contributed by atoms with van der Waals surface area (Å²) in [6, 6.07) is 0. The zero-order valence-corrected chi connectivity index (χ0v) is 10.2. The molecule has 0 bridgehead atoms. The number of aromatic carboxylic acids is 1. The van der Waals surface area contributed by atoms with Crippen molar-refractivity contribution in [3.05, 3.63) is 23.8 Å². The molecular formula is C12H15N3O3. The van der Waals surface area contributed by atoms with E-state index >= 15 is 0 Å². The van der Waals surface area contributed by atoms with Crippen molar-refractivity contribution in [1.82, 2.24) is 14.9 Å². The number of carboxylic acids is 1. The van der Waals surface area contributed by atoms with Crippen LogP contribution in [-0.2, 0) is 0 Å². The fourth-order valence-electron chi connectivity index (χ4n) is 2.08. The summed E-state index contributed by atoms with van der Waals surface area (Å²) in [5.74, 6) is -0.826. The molecule has 0 radical (unpaired) electrons. The largest absolute Gasteiger partial charge is 0.476 e. The number of hydrogen-bond acceptors (Lipinski definition) is 4. The molecule has 0 aliphatic carbocycles. The van der Waals surface area contributed by atoms with Crippen molar-refractivity contribution in [1.29, 1.82) is 0 Å². The summed E-state index contributed by atoms with van der Waals surface area (Å²) >= 11 is 0. The lowest BCUT2D eigenvalue weighted by atomic mass is 10.0. The molecule has 2 rings (SSSR count). The fourth-order valence-corrected chi connectivity index (χ4v) is 2.08. The first-order valence-electron chi connectivity index (χ1n) is 5.92. The second kappa shape index (κ2) is 5.12. The maximum Gasteiger partial charge on any atom is 0.356 e. The summed E-state index contributed by atoms with van der Waals surface area (Å²) < 4.78 is 0. The number of likely N-dealkylation sites (tertiary alicyclic amines) is 1. The molecule has 1 N–H and O–H groups in total. The quantitative estimate of drug-likeness (QED) is 0.846. The van der Waals surface area contributed by atoms with Gasteiger partial charge in [-0.15, -0.1) is 0 Å². The summed E-state index contributed by atoms with van der Waals surface area (Å²) in [4.78, 5) is 32.0. The molecule has 0 aromatic carbocycles. The number of aromatic nitrogens is 2. The van der Waals surface area contributed by atoms with Gasteiger partial charge in [0.1, 0.15) is 5.69 Å². The van der Waals surface area contributed by atoms with Crippen molar-refractivity contribution in [3.8, 4) is 0 Å². The predicted molar refractivity (Wildman–Crippen MR) is 63.3 cm³/mol. The highest BCUT2D eigenvalue weighted by atomic mass is 16.4. The van der Waals surface area contributed by atoms with Gasteiger partial charge in [0.25, 0.3) is 5.91 Å². The minimum absolute atomic E-state index is 0.154. The Kier molecular flexibility index (Phi) is 3.55. The van der Waals surface area contributed by atoms with Gasteiger partial charge in [-0.05, 0) is 18.8 Å². The van der Waals surface area contributed by atoms with Crippen LogP contribution in [-0.4, -0.2) is 44.9 Å². The number of carbonyl (C=O) groups is 2. The van der Waals surface area contributed by atoms with E-state index in [2.05, 4.69) is 16.9 Å². The van der Waals surface area contributed by atoms with Gasteiger partial charge in [-0.2, -0.15) is 0 Å². The Balaban J connectivity index is 2.10. The van der Waals surface area contributed by atoms with Crippen LogP contribution in [0.4, 0.5) is 0 Å². The predicted octanol–water partition coefficient (Wildman–Crippen LogP) is 1.05. The summed E-state index contributed by atoms with van der Waals surface area (Å²) in [6.45, 7) is 3.56. The topological polar surface area (TPSA) is 83.4 Å². The van der Waals surface area contributed by atoms with Crippen LogP contribution in [0.2, 0.25) is 0 Å². The lowest BCUT2D eigenvalue weighted by Gasteiger charge is -2.30. The van der Waals surface area contributed by atoms with Crippen LogP contribution in [0.25, 0.3) is 0 Å². The van der Waals surface area contributed by atoms with Crippen molar-refractivity contribution in [2.24, 2.45) is 5.92 Å². The van der Waals surface area contributed by atoms with Gasteiger partial charge in [-0.1, -0.05) is 6.92 Å². The van der Waals surface area contributed by atoms with Gasteiger partial charge in [0, 0.05) is 13.1 Å². The lowest BCUT2D eigenvalue weighted by Crippen LogP contribution is -2.39. The molecule has 1 aromatic rings. The molecule has 96 valence electrons. The molecule has 1 aliphatic rings. The molecule has 1 saturated heterocycles. The molecule has 1 fully saturated rings. The summed E-state index contributed by atoms with van der Waals surface area (Å²) in [5.41, 5.74) is 0.0488. The van der Waals surface area contributed by atoms with E-state index in [1.165, 1.54) is 6.20 Å². The highest BCUT2D eigenvalue weighted by Crippen LogP contribution is 2.17. The Morgan fingerprint density at radius 1 is 1.33 bits per heavy atom. The van der Waals surface area contributed by atoms with E-state index in [9.17, 15) is 9.59 Å². The first-order valence-corrected chi connectivity index (χ1v) is 5.92. The van der Waals surface area contributed by atoms with Crippen molar-refractivity contribution < 1.29 is 14.7 Å². The number of nitrogens with zero attached hydrogens (tertiary/aromatic N) is 3. The van der Waals surface area contributed by atoms with Gasteiger partial charge < -0.3 is 10.0 Å². The zero-order chi connectivity index (χ0) is 13.1. The van der Waals surface area contributed by atoms with E-state index in [4.69, 9.17) is 5.11 Å². The van der Waals surface area contributed by atoms with Crippen LogP contribution in [0.3, 0.4) is 0 Å². The standard InChI is InChI=1S/C12H15N3O3/c1-8-3-2-4-15(7-8)11(16)9-5-14-10(6-13-9)12(17)18/h5-6,8H,2-4,7H2,1H3,(H,17,18). The van der Waals surface area contributed by atoms with Gasteiger partial charge in [-0.25, -0.2) is 14.8 Å². The molecule has 1 unspecified atom stereocenters. The third-order valence-electron chi connectivity index (χ3n) is 3.03. The van der Waals surface area contributed by atoms with Crippen LogP contribution in [0, 0.1) is 5.92 Å². The molecule has 1 aliphatic heterocycles. The average Bonchev–Trinajstić information content (AvgIpc) is 2.38. The maximum absolute atomic E-state index is 12.1. The molecule has 2 heterocycles. The number of amides is 1. The van der Waals surface area contributed by atoms with E-state index in [0.717, 1.165) is 32.1 Å². The van der Waals surface area contributed by atoms with Gasteiger partial charge in [0.15, 0.2) is 5.69 Å². The monoisotopic (exact) mass is 249 g/mol. The van der Waals surface area contributed by atoms with Crippen LogP contribution in [0.1, 0.15) is 40.7 Å². The Morgan fingerprint density at radius 3 is 2.56 bits per heavy atom. The van der Waals surface area contributed by atoms with Crippen LogP contribution in [0.15, 0.2) is 12.4 Å². The Hall–Kier alpha value is -1.98. The first-order chi connectivity index (χ1) is 8.58. The normalized spacial score (nSPS) is 19.6. The van der Waals surface area contributed by atoms with Gasteiger partial charge in [0.05, 0.1) is 12.4 Å².